The first-order valence-electron chi connectivity index (χ1n) is 4.31. The van der Waals surface area contributed by atoms with Crippen LogP contribution in [0.2, 0.25) is 0 Å². The highest BCUT2D eigenvalue weighted by atomic mass is 79.9. The molecule has 0 amide bonds. The number of rotatable bonds is 4. The quantitative estimate of drug-likeness (QED) is 0.659. The van der Waals surface area contributed by atoms with E-state index in [0.717, 1.165) is 0 Å². The monoisotopic (exact) mass is 310 g/mol. The molecule has 0 aliphatic rings. The molecular weight excluding hydrogens is 299 g/mol. The summed E-state index contributed by atoms with van der Waals surface area (Å²) in [5.41, 5.74) is 0.436. The molecule has 0 bridgehead atoms. The van der Waals surface area contributed by atoms with Crippen LogP contribution in [0.4, 0.5) is 0 Å². The molecule has 1 aromatic rings. The molecular formula is C9H12BrO5P. The van der Waals surface area contributed by atoms with E-state index < -0.39 is 12.2 Å². The molecule has 0 spiro atoms. The fourth-order valence-electron chi connectivity index (χ4n) is 1.20. The third-order valence-corrected chi connectivity index (χ3v) is 5.00. The van der Waals surface area contributed by atoms with Crippen molar-refractivity contribution in [1.29, 1.82) is 0 Å². The highest BCUT2D eigenvalue weighted by Crippen LogP contribution is 2.56. The zero-order chi connectivity index (χ0) is 12.3. The van der Waals surface area contributed by atoms with Crippen molar-refractivity contribution < 1.29 is 23.8 Å². The molecule has 0 aliphatic carbocycles. The van der Waals surface area contributed by atoms with Gasteiger partial charge in [0.05, 0.1) is 14.2 Å². The van der Waals surface area contributed by atoms with Gasteiger partial charge in [0.15, 0.2) is 11.5 Å². The molecule has 5 nitrogen and oxygen atoms in total. The number of halogens is 1. The summed E-state index contributed by atoms with van der Waals surface area (Å²) in [5.74, 6) is 0.939. The standard InChI is InChI=1S/C9H12BrO5P/c1-14-7-4-3-6(5-8(7)15-2)9(10)16(11,12)13/h3-5,9H,1-2H3,(H2,11,12,13). The zero-order valence-corrected chi connectivity index (χ0v) is 11.2. The minimum absolute atomic E-state index is 0.429. The number of alkyl halides is 1. The Balaban J connectivity index is 3.13. The second kappa shape index (κ2) is 5.19. The van der Waals surface area contributed by atoms with Crippen LogP contribution in [0.3, 0.4) is 0 Å². The van der Waals surface area contributed by atoms with E-state index in [1.807, 2.05) is 0 Å². The van der Waals surface area contributed by atoms with Gasteiger partial charge in [-0.1, -0.05) is 22.0 Å². The van der Waals surface area contributed by atoms with Gasteiger partial charge >= 0.3 is 7.60 Å². The van der Waals surface area contributed by atoms with Crippen molar-refractivity contribution in [2.75, 3.05) is 14.2 Å². The highest BCUT2D eigenvalue weighted by Gasteiger charge is 2.28. The normalized spacial score (nSPS) is 13.3. The summed E-state index contributed by atoms with van der Waals surface area (Å²) in [6, 6.07) is 4.69. The predicted molar refractivity (Wildman–Crippen MR) is 63.3 cm³/mol. The van der Waals surface area contributed by atoms with E-state index in [9.17, 15) is 4.57 Å². The first-order chi connectivity index (χ1) is 7.40. The van der Waals surface area contributed by atoms with Crippen LogP contribution in [0.15, 0.2) is 18.2 Å². The van der Waals surface area contributed by atoms with E-state index in [1.165, 1.54) is 20.3 Å². The maximum atomic E-state index is 11.1. The van der Waals surface area contributed by atoms with Gasteiger partial charge in [0.25, 0.3) is 0 Å². The van der Waals surface area contributed by atoms with Gasteiger partial charge in [0, 0.05) is 0 Å². The topological polar surface area (TPSA) is 76.0 Å². The largest absolute Gasteiger partial charge is 0.493 e. The van der Waals surface area contributed by atoms with E-state index >= 15 is 0 Å². The smallest absolute Gasteiger partial charge is 0.343 e. The van der Waals surface area contributed by atoms with Gasteiger partial charge in [-0.2, -0.15) is 0 Å². The average molecular weight is 311 g/mol. The summed E-state index contributed by atoms with van der Waals surface area (Å²) in [4.78, 5) is 18.0. The van der Waals surface area contributed by atoms with E-state index in [4.69, 9.17) is 19.3 Å². The number of hydrogen-bond acceptors (Lipinski definition) is 3. The van der Waals surface area contributed by atoms with Crippen LogP contribution in [-0.4, -0.2) is 24.0 Å². The lowest BCUT2D eigenvalue weighted by Crippen LogP contribution is -1.95. The average Bonchev–Trinajstić information content (AvgIpc) is 2.25. The van der Waals surface area contributed by atoms with Crippen LogP contribution in [0, 0.1) is 0 Å². The summed E-state index contributed by atoms with van der Waals surface area (Å²) in [6.07, 6.45) is 0. The molecule has 1 aromatic carbocycles. The van der Waals surface area contributed by atoms with Crippen molar-refractivity contribution in [3.05, 3.63) is 23.8 Å². The maximum absolute atomic E-state index is 11.1. The van der Waals surface area contributed by atoms with E-state index in [2.05, 4.69) is 15.9 Å². The lowest BCUT2D eigenvalue weighted by Gasteiger charge is -2.14. The molecule has 0 fully saturated rings. The Morgan fingerprint density at radius 2 is 1.81 bits per heavy atom. The Morgan fingerprint density at radius 1 is 1.25 bits per heavy atom. The van der Waals surface area contributed by atoms with Crippen molar-refractivity contribution in [3.63, 3.8) is 0 Å². The summed E-state index contributed by atoms with van der Waals surface area (Å²) in [7, 11) is -1.26. The second-order valence-electron chi connectivity index (χ2n) is 3.04. The van der Waals surface area contributed by atoms with Gasteiger partial charge in [-0.3, -0.25) is 4.57 Å². The number of ether oxygens (including phenoxy) is 2. The van der Waals surface area contributed by atoms with Crippen LogP contribution in [-0.2, 0) is 4.57 Å². The Labute approximate surface area is 102 Å². The lowest BCUT2D eigenvalue weighted by atomic mass is 10.2. The van der Waals surface area contributed by atoms with Crippen molar-refractivity contribution in [2.45, 2.75) is 4.57 Å². The molecule has 0 heterocycles. The predicted octanol–water partition coefficient (Wildman–Crippen LogP) is 2.28. The molecule has 1 rings (SSSR count). The minimum atomic E-state index is -4.21. The van der Waals surface area contributed by atoms with Gasteiger partial charge < -0.3 is 19.3 Å². The molecule has 2 N–H and O–H groups in total. The van der Waals surface area contributed by atoms with Crippen molar-refractivity contribution >= 4 is 23.5 Å². The number of methoxy groups -OCH3 is 2. The zero-order valence-electron chi connectivity index (χ0n) is 8.75. The van der Waals surface area contributed by atoms with Crippen molar-refractivity contribution in [3.8, 4) is 11.5 Å². The highest BCUT2D eigenvalue weighted by molar-refractivity contribution is 9.10. The van der Waals surface area contributed by atoms with Crippen molar-refractivity contribution in [1.82, 2.24) is 0 Å². The Hall–Kier alpha value is -0.550. The summed E-state index contributed by atoms with van der Waals surface area (Å²) >= 11 is 2.96. The van der Waals surface area contributed by atoms with Gasteiger partial charge in [0.2, 0.25) is 0 Å². The van der Waals surface area contributed by atoms with Crippen LogP contribution in [0.5, 0.6) is 11.5 Å². The van der Waals surface area contributed by atoms with Crippen molar-refractivity contribution in [2.24, 2.45) is 0 Å². The first-order valence-corrected chi connectivity index (χ1v) is 6.91. The van der Waals surface area contributed by atoms with Crippen LogP contribution in [0.25, 0.3) is 0 Å². The van der Waals surface area contributed by atoms with Gasteiger partial charge in [-0.25, -0.2) is 0 Å². The fourth-order valence-corrected chi connectivity index (χ4v) is 2.03. The summed E-state index contributed by atoms with van der Waals surface area (Å²) in [5, 5.41) is 0. The van der Waals surface area contributed by atoms with E-state index in [1.54, 1.807) is 12.1 Å². The molecule has 0 saturated heterocycles. The van der Waals surface area contributed by atoms with E-state index in [0.29, 0.717) is 17.1 Å². The fraction of sp³-hybridized carbons (Fsp3) is 0.333. The first kappa shape index (κ1) is 13.5. The third-order valence-electron chi connectivity index (χ3n) is 1.98. The summed E-state index contributed by atoms with van der Waals surface area (Å²) < 4.78 is 20.1. The van der Waals surface area contributed by atoms with Crippen LogP contribution >= 0.6 is 23.5 Å². The number of benzene rings is 1. The molecule has 0 radical (unpaired) electrons. The van der Waals surface area contributed by atoms with Gasteiger partial charge in [0.1, 0.15) is 4.57 Å². The van der Waals surface area contributed by atoms with E-state index in [-0.39, 0.29) is 0 Å². The Kier molecular flexibility index (Phi) is 4.38. The van der Waals surface area contributed by atoms with Crippen LogP contribution in [0.1, 0.15) is 10.1 Å². The molecule has 7 heteroatoms. The number of hydrogen-bond donors (Lipinski definition) is 2. The van der Waals surface area contributed by atoms with Gasteiger partial charge in [-0.05, 0) is 17.7 Å². The SMILES string of the molecule is COc1ccc(C(Br)P(=O)(O)O)cc1OC. The maximum Gasteiger partial charge on any atom is 0.343 e. The Bertz CT molecular complexity index is 416. The van der Waals surface area contributed by atoms with Gasteiger partial charge in [-0.15, -0.1) is 0 Å². The third kappa shape index (κ3) is 2.98. The molecule has 16 heavy (non-hydrogen) atoms. The minimum Gasteiger partial charge on any atom is -0.493 e. The molecule has 0 saturated carbocycles. The summed E-state index contributed by atoms with van der Waals surface area (Å²) in [6.45, 7) is 0. The molecule has 90 valence electrons. The van der Waals surface area contributed by atoms with Crippen LogP contribution < -0.4 is 9.47 Å². The Morgan fingerprint density at radius 3 is 2.25 bits per heavy atom. The molecule has 0 aromatic heterocycles. The lowest BCUT2D eigenvalue weighted by molar-refractivity contribution is 0.354. The molecule has 1 atom stereocenters. The molecule has 0 aliphatic heterocycles. The second-order valence-corrected chi connectivity index (χ2v) is 6.36. The molecule has 1 unspecified atom stereocenters.